The molecule has 0 bridgehead atoms. The van der Waals surface area contributed by atoms with Crippen LogP contribution in [0.3, 0.4) is 0 Å². The summed E-state index contributed by atoms with van der Waals surface area (Å²) in [6.07, 6.45) is 0. The number of carbonyl (C=O) groups is 1. The molecule has 4 nitrogen and oxygen atoms in total. The predicted molar refractivity (Wildman–Crippen MR) is 57.2 cm³/mol. The Bertz CT molecular complexity index is 311. The first kappa shape index (κ1) is 11.1. The molecule has 0 saturated carbocycles. The Kier molecular flexibility index (Phi) is 4.03. The molecule has 1 atom stereocenters. The Morgan fingerprint density at radius 1 is 1.71 bits per heavy atom. The highest BCUT2D eigenvalue weighted by molar-refractivity contribution is 7.09. The lowest BCUT2D eigenvalue weighted by Gasteiger charge is -2.10. The minimum Gasteiger partial charge on any atom is -0.358 e. The second kappa shape index (κ2) is 5.07. The van der Waals surface area contributed by atoms with Crippen LogP contribution in [0.2, 0.25) is 0 Å². The molecule has 1 rings (SSSR count). The molecule has 0 saturated heterocycles. The molecular weight excluding hydrogens is 198 g/mol. The van der Waals surface area contributed by atoms with E-state index in [1.165, 1.54) is 0 Å². The molecule has 5 heteroatoms. The van der Waals surface area contributed by atoms with Crippen LogP contribution in [-0.2, 0) is 11.3 Å². The molecule has 1 aromatic rings. The monoisotopic (exact) mass is 213 g/mol. The Labute approximate surface area is 87.7 Å². The first-order chi connectivity index (χ1) is 6.63. The summed E-state index contributed by atoms with van der Waals surface area (Å²) in [6.45, 7) is 4.44. The smallest absolute Gasteiger partial charge is 0.236 e. The van der Waals surface area contributed by atoms with Crippen molar-refractivity contribution < 1.29 is 4.79 Å². The summed E-state index contributed by atoms with van der Waals surface area (Å²) in [5.41, 5.74) is 0.989. The topological polar surface area (TPSA) is 54.0 Å². The van der Waals surface area contributed by atoms with Crippen LogP contribution in [0.1, 0.15) is 17.6 Å². The van der Waals surface area contributed by atoms with Crippen molar-refractivity contribution in [2.75, 3.05) is 7.05 Å². The van der Waals surface area contributed by atoms with Gasteiger partial charge in [-0.2, -0.15) is 0 Å². The molecule has 1 unspecified atom stereocenters. The number of amides is 1. The second-order valence-corrected chi connectivity index (χ2v) is 4.14. The first-order valence-electron chi connectivity index (χ1n) is 4.49. The van der Waals surface area contributed by atoms with Gasteiger partial charge in [0.15, 0.2) is 0 Å². The molecule has 2 N–H and O–H groups in total. The maximum Gasteiger partial charge on any atom is 0.236 e. The number of nitrogens with one attached hydrogen (secondary N) is 2. The number of aromatic nitrogens is 1. The maximum atomic E-state index is 11.1. The van der Waals surface area contributed by atoms with E-state index < -0.39 is 0 Å². The average Bonchev–Trinajstić information content (AvgIpc) is 2.59. The zero-order valence-electron chi connectivity index (χ0n) is 8.63. The lowest BCUT2D eigenvalue weighted by atomic mass is 10.3. The van der Waals surface area contributed by atoms with Crippen LogP contribution in [0.4, 0.5) is 0 Å². The summed E-state index contributed by atoms with van der Waals surface area (Å²) in [4.78, 5) is 15.4. The number of hydrogen-bond donors (Lipinski definition) is 2. The number of nitrogens with zero attached hydrogens (tertiary/aromatic N) is 1. The third-order valence-corrected chi connectivity index (χ3v) is 2.72. The van der Waals surface area contributed by atoms with E-state index in [4.69, 9.17) is 0 Å². The number of thiazole rings is 1. The van der Waals surface area contributed by atoms with E-state index in [1.54, 1.807) is 18.4 Å². The predicted octanol–water partition coefficient (Wildman–Crippen LogP) is 0.676. The molecule has 0 spiro atoms. The van der Waals surface area contributed by atoms with Crippen LogP contribution in [0, 0.1) is 6.92 Å². The highest BCUT2D eigenvalue weighted by Gasteiger charge is 2.09. The number of aryl methyl sites for hydroxylation is 1. The summed E-state index contributed by atoms with van der Waals surface area (Å²) >= 11 is 1.62. The van der Waals surface area contributed by atoms with Crippen LogP contribution < -0.4 is 10.6 Å². The lowest BCUT2D eigenvalue weighted by Crippen LogP contribution is -2.40. The van der Waals surface area contributed by atoms with Gasteiger partial charge in [-0.3, -0.25) is 4.79 Å². The molecule has 1 aromatic heterocycles. The van der Waals surface area contributed by atoms with Crippen LogP contribution >= 0.6 is 11.3 Å². The molecule has 0 aromatic carbocycles. The first-order valence-corrected chi connectivity index (χ1v) is 5.37. The fraction of sp³-hybridized carbons (Fsp3) is 0.556. The molecule has 0 fully saturated rings. The minimum absolute atomic E-state index is 0.00282. The average molecular weight is 213 g/mol. The van der Waals surface area contributed by atoms with Crippen molar-refractivity contribution in [3.8, 4) is 0 Å². The van der Waals surface area contributed by atoms with Crippen molar-refractivity contribution in [3.05, 3.63) is 16.1 Å². The molecule has 0 aliphatic heterocycles. The minimum atomic E-state index is -0.179. The molecular formula is C9H15N3OS. The van der Waals surface area contributed by atoms with E-state index in [2.05, 4.69) is 15.6 Å². The van der Waals surface area contributed by atoms with E-state index in [0.717, 1.165) is 10.7 Å². The molecule has 1 amide bonds. The van der Waals surface area contributed by atoms with Gasteiger partial charge in [0, 0.05) is 19.0 Å². The van der Waals surface area contributed by atoms with Crippen molar-refractivity contribution in [2.24, 2.45) is 0 Å². The van der Waals surface area contributed by atoms with Gasteiger partial charge in [-0.15, -0.1) is 11.3 Å². The van der Waals surface area contributed by atoms with E-state index >= 15 is 0 Å². The molecule has 78 valence electrons. The van der Waals surface area contributed by atoms with Gasteiger partial charge in [0.2, 0.25) is 5.91 Å². The third-order valence-electron chi connectivity index (χ3n) is 1.90. The highest BCUT2D eigenvalue weighted by atomic mass is 32.1. The summed E-state index contributed by atoms with van der Waals surface area (Å²) in [5, 5.41) is 8.73. The van der Waals surface area contributed by atoms with E-state index in [-0.39, 0.29) is 11.9 Å². The van der Waals surface area contributed by atoms with E-state index in [9.17, 15) is 4.79 Å². The Balaban J connectivity index is 2.37. The van der Waals surface area contributed by atoms with Crippen LogP contribution in [0.15, 0.2) is 5.38 Å². The number of likely N-dealkylation sites (N-methyl/N-ethyl adjacent to an activating group) is 1. The summed E-state index contributed by atoms with van der Waals surface area (Å²) < 4.78 is 0. The van der Waals surface area contributed by atoms with Crippen LogP contribution in [0.25, 0.3) is 0 Å². The Morgan fingerprint density at radius 3 is 2.93 bits per heavy atom. The van der Waals surface area contributed by atoms with Crippen LogP contribution in [0.5, 0.6) is 0 Å². The van der Waals surface area contributed by atoms with E-state index in [0.29, 0.717) is 6.54 Å². The zero-order valence-corrected chi connectivity index (χ0v) is 9.44. The van der Waals surface area contributed by atoms with Crippen molar-refractivity contribution in [2.45, 2.75) is 26.4 Å². The van der Waals surface area contributed by atoms with E-state index in [1.807, 2.05) is 19.2 Å². The Hall–Kier alpha value is -0.940. The third kappa shape index (κ3) is 3.08. The van der Waals surface area contributed by atoms with Gasteiger partial charge in [-0.25, -0.2) is 4.98 Å². The molecule has 0 aliphatic carbocycles. The normalized spacial score (nSPS) is 12.5. The maximum absolute atomic E-state index is 11.1. The summed E-state index contributed by atoms with van der Waals surface area (Å²) in [6, 6.07) is -0.179. The van der Waals surface area contributed by atoms with Crippen molar-refractivity contribution in [1.82, 2.24) is 15.6 Å². The Morgan fingerprint density at radius 2 is 2.43 bits per heavy atom. The SMILES string of the molecule is CNC(=O)C(C)NCc1csc(C)n1. The van der Waals surface area contributed by atoms with Gasteiger partial charge >= 0.3 is 0 Å². The number of carbonyl (C=O) groups excluding carboxylic acids is 1. The largest absolute Gasteiger partial charge is 0.358 e. The van der Waals surface area contributed by atoms with Gasteiger partial charge in [-0.1, -0.05) is 0 Å². The van der Waals surface area contributed by atoms with Gasteiger partial charge in [-0.05, 0) is 13.8 Å². The molecule has 1 heterocycles. The molecule has 14 heavy (non-hydrogen) atoms. The fourth-order valence-electron chi connectivity index (χ4n) is 1.06. The summed E-state index contributed by atoms with van der Waals surface area (Å²) in [5.74, 6) is -0.00282. The number of hydrogen-bond acceptors (Lipinski definition) is 4. The van der Waals surface area contributed by atoms with Gasteiger partial charge in [0.05, 0.1) is 16.7 Å². The summed E-state index contributed by atoms with van der Waals surface area (Å²) in [7, 11) is 1.63. The lowest BCUT2D eigenvalue weighted by molar-refractivity contribution is -0.122. The molecule has 0 radical (unpaired) electrons. The zero-order chi connectivity index (χ0) is 10.6. The van der Waals surface area contributed by atoms with Crippen molar-refractivity contribution >= 4 is 17.2 Å². The fourth-order valence-corrected chi connectivity index (χ4v) is 1.67. The second-order valence-electron chi connectivity index (χ2n) is 3.07. The quantitative estimate of drug-likeness (QED) is 0.773. The van der Waals surface area contributed by atoms with Crippen LogP contribution in [-0.4, -0.2) is 24.0 Å². The highest BCUT2D eigenvalue weighted by Crippen LogP contribution is 2.07. The number of rotatable bonds is 4. The van der Waals surface area contributed by atoms with Crippen molar-refractivity contribution in [1.29, 1.82) is 0 Å². The van der Waals surface area contributed by atoms with Crippen molar-refractivity contribution in [3.63, 3.8) is 0 Å². The molecule has 0 aliphatic rings. The van der Waals surface area contributed by atoms with Gasteiger partial charge in [0.25, 0.3) is 0 Å². The van der Waals surface area contributed by atoms with Gasteiger partial charge < -0.3 is 10.6 Å². The van der Waals surface area contributed by atoms with Gasteiger partial charge in [0.1, 0.15) is 0 Å². The standard InChI is InChI=1S/C9H15N3OS/c1-6(9(13)10-3)11-4-8-5-14-7(2)12-8/h5-6,11H,4H2,1-3H3,(H,10,13).